The van der Waals surface area contributed by atoms with Gasteiger partial charge in [0.1, 0.15) is 0 Å². The van der Waals surface area contributed by atoms with Crippen LogP contribution < -0.4 is 0 Å². The van der Waals surface area contributed by atoms with Gasteiger partial charge in [0, 0.05) is 69.5 Å². The van der Waals surface area contributed by atoms with Crippen molar-refractivity contribution in [3.63, 3.8) is 0 Å². The molecule has 4 nitrogen and oxygen atoms in total. The fourth-order valence-electron chi connectivity index (χ4n) is 4.53. The molecule has 4 rings (SSSR count). The van der Waals surface area contributed by atoms with E-state index in [2.05, 4.69) is 82.2 Å². The lowest BCUT2D eigenvalue weighted by atomic mass is 10.1. The number of para-hydroxylation sites is 1. The number of aryl methyl sites for hydroxylation is 1. The molecule has 2 heterocycles. The summed E-state index contributed by atoms with van der Waals surface area (Å²) in [6.07, 6.45) is 4.19. The van der Waals surface area contributed by atoms with E-state index < -0.39 is 0 Å². The summed E-state index contributed by atoms with van der Waals surface area (Å²) in [5, 5.41) is 11.0. The number of aliphatic hydroxyl groups excluding tert-OH is 1. The Kier molecular flexibility index (Phi) is 6.10. The first-order valence-corrected chi connectivity index (χ1v) is 10.4. The van der Waals surface area contributed by atoms with Gasteiger partial charge in [-0.1, -0.05) is 48.5 Å². The van der Waals surface area contributed by atoms with Crippen LogP contribution >= 0.6 is 0 Å². The predicted octanol–water partition coefficient (Wildman–Crippen LogP) is 3.29. The number of aliphatic hydroxyl groups is 1. The average Bonchev–Trinajstić information content (AvgIpc) is 3.04. The van der Waals surface area contributed by atoms with Gasteiger partial charge < -0.3 is 9.67 Å². The van der Waals surface area contributed by atoms with Gasteiger partial charge >= 0.3 is 0 Å². The minimum Gasteiger partial charge on any atom is -0.396 e. The van der Waals surface area contributed by atoms with E-state index in [4.69, 9.17) is 0 Å². The lowest BCUT2D eigenvalue weighted by molar-refractivity contribution is 0.0564. The molecule has 1 fully saturated rings. The second-order valence-corrected chi connectivity index (χ2v) is 7.96. The number of fused-ring (bicyclic) bond motifs is 1. The minimum atomic E-state index is 0.259. The van der Waals surface area contributed by atoms with Gasteiger partial charge in [-0.3, -0.25) is 9.80 Å². The van der Waals surface area contributed by atoms with Crippen LogP contribution in [0, 0.1) is 0 Å². The first-order valence-electron chi connectivity index (χ1n) is 10.4. The zero-order valence-corrected chi connectivity index (χ0v) is 16.8. The van der Waals surface area contributed by atoms with Crippen LogP contribution in [0.3, 0.4) is 0 Å². The van der Waals surface area contributed by atoms with Crippen molar-refractivity contribution in [2.24, 2.45) is 7.05 Å². The average molecular weight is 378 g/mol. The van der Waals surface area contributed by atoms with Gasteiger partial charge in [-0.05, 0) is 30.0 Å². The molecule has 0 aliphatic carbocycles. The topological polar surface area (TPSA) is 31.6 Å². The predicted molar refractivity (Wildman–Crippen MR) is 115 cm³/mol. The van der Waals surface area contributed by atoms with Crippen LogP contribution in [0.25, 0.3) is 10.9 Å². The Balaban J connectivity index is 1.41. The second kappa shape index (κ2) is 8.91. The number of hydrogen-bond donors (Lipinski definition) is 1. The zero-order chi connectivity index (χ0) is 19.3. The molecule has 2 aromatic carbocycles. The summed E-state index contributed by atoms with van der Waals surface area (Å²) in [7, 11) is 2.13. The molecule has 1 N–H and O–H groups in total. The summed E-state index contributed by atoms with van der Waals surface area (Å²) in [6, 6.07) is 19.8. The molecule has 0 spiro atoms. The van der Waals surface area contributed by atoms with Crippen molar-refractivity contribution < 1.29 is 5.11 Å². The van der Waals surface area contributed by atoms with Crippen LogP contribution in [0.5, 0.6) is 0 Å². The second-order valence-electron chi connectivity index (χ2n) is 7.96. The third kappa shape index (κ3) is 4.30. The van der Waals surface area contributed by atoms with Crippen LogP contribution in [0.2, 0.25) is 0 Å². The Morgan fingerprint density at radius 1 is 1.00 bits per heavy atom. The molecule has 0 saturated carbocycles. The van der Waals surface area contributed by atoms with Gasteiger partial charge in [0.05, 0.1) is 0 Å². The largest absolute Gasteiger partial charge is 0.396 e. The SMILES string of the molecule is Cn1cc(CN2CCN(CCc3ccccc3)C(CCO)C2)c2ccccc21. The smallest absolute Gasteiger partial charge is 0.0481 e. The lowest BCUT2D eigenvalue weighted by Crippen LogP contribution is -2.53. The Hall–Kier alpha value is -2.14. The van der Waals surface area contributed by atoms with E-state index in [1.807, 2.05) is 0 Å². The van der Waals surface area contributed by atoms with Gasteiger partial charge in [0.15, 0.2) is 0 Å². The van der Waals surface area contributed by atoms with Gasteiger partial charge in [-0.2, -0.15) is 0 Å². The van der Waals surface area contributed by atoms with E-state index in [0.717, 1.165) is 45.6 Å². The highest BCUT2D eigenvalue weighted by Crippen LogP contribution is 2.23. The molecule has 28 heavy (non-hydrogen) atoms. The number of piperazine rings is 1. The molecular weight excluding hydrogens is 346 g/mol. The number of aromatic nitrogens is 1. The van der Waals surface area contributed by atoms with Gasteiger partial charge in [-0.25, -0.2) is 0 Å². The molecule has 1 atom stereocenters. The molecule has 1 unspecified atom stereocenters. The molecule has 1 aliphatic heterocycles. The molecular formula is C24H31N3O. The maximum absolute atomic E-state index is 9.59. The van der Waals surface area contributed by atoms with Crippen LogP contribution in [0.1, 0.15) is 17.5 Å². The molecule has 148 valence electrons. The van der Waals surface area contributed by atoms with Crippen molar-refractivity contribution in [1.82, 2.24) is 14.4 Å². The zero-order valence-electron chi connectivity index (χ0n) is 16.8. The van der Waals surface area contributed by atoms with Crippen LogP contribution in [-0.2, 0) is 20.0 Å². The third-order valence-corrected chi connectivity index (χ3v) is 6.06. The van der Waals surface area contributed by atoms with Crippen molar-refractivity contribution in [3.05, 3.63) is 71.9 Å². The van der Waals surface area contributed by atoms with Crippen LogP contribution in [-0.4, -0.2) is 58.3 Å². The summed E-state index contributed by atoms with van der Waals surface area (Å²) < 4.78 is 2.23. The fourth-order valence-corrected chi connectivity index (χ4v) is 4.53. The first-order chi connectivity index (χ1) is 13.7. The number of benzene rings is 2. The van der Waals surface area contributed by atoms with Gasteiger partial charge in [0.2, 0.25) is 0 Å². The normalized spacial score (nSPS) is 18.7. The molecule has 0 amide bonds. The number of hydrogen-bond acceptors (Lipinski definition) is 3. The molecule has 0 radical (unpaired) electrons. The van der Waals surface area contributed by atoms with Crippen molar-refractivity contribution >= 4 is 10.9 Å². The molecule has 1 aromatic heterocycles. The van der Waals surface area contributed by atoms with E-state index in [0.29, 0.717) is 6.04 Å². The monoisotopic (exact) mass is 377 g/mol. The van der Waals surface area contributed by atoms with Crippen molar-refractivity contribution in [2.75, 3.05) is 32.8 Å². The van der Waals surface area contributed by atoms with E-state index in [-0.39, 0.29) is 6.61 Å². The highest BCUT2D eigenvalue weighted by Gasteiger charge is 2.26. The summed E-state index contributed by atoms with van der Waals surface area (Å²) in [5.41, 5.74) is 4.09. The fraction of sp³-hybridized carbons (Fsp3) is 0.417. The van der Waals surface area contributed by atoms with E-state index in [1.165, 1.54) is 22.0 Å². The minimum absolute atomic E-state index is 0.259. The van der Waals surface area contributed by atoms with E-state index in [9.17, 15) is 5.11 Å². The molecule has 4 heteroatoms. The summed E-state index contributed by atoms with van der Waals surface area (Å²) >= 11 is 0. The Labute approximate surface area is 168 Å². The molecule has 1 saturated heterocycles. The van der Waals surface area contributed by atoms with Crippen LogP contribution in [0.15, 0.2) is 60.8 Å². The summed E-state index contributed by atoms with van der Waals surface area (Å²) in [4.78, 5) is 5.13. The molecule has 3 aromatic rings. The van der Waals surface area contributed by atoms with Crippen molar-refractivity contribution in [3.8, 4) is 0 Å². The molecule has 0 bridgehead atoms. The highest BCUT2D eigenvalue weighted by atomic mass is 16.3. The quantitative estimate of drug-likeness (QED) is 0.686. The maximum Gasteiger partial charge on any atom is 0.0481 e. The maximum atomic E-state index is 9.59. The summed E-state index contributed by atoms with van der Waals surface area (Å²) in [5.74, 6) is 0. The van der Waals surface area contributed by atoms with Crippen LogP contribution in [0.4, 0.5) is 0 Å². The van der Waals surface area contributed by atoms with E-state index in [1.54, 1.807) is 0 Å². The Bertz CT molecular complexity index is 889. The highest BCUT2D eigenvalue weighted by molar-refractivity contribution is 5.83. The van der Waals surface area contributed by atoms with Crippen molar-refractivity contribution in [2.45, 2.75) is 25.4 Å². The lowest BCUT2D eigenvalue weighted by Gasteiger charge is -2.41. The van der Waals surface area contributed by atoms with Gasteiger partial charge in [-0.15, -0.1) is 0 Å². The Morgan fingerprint density at radius 3 is 2.61 bits per heavy atom. The standard InChI is InChI=1S/C24H31N3O/c1-25-17-21(23-9-5-6-10-24(23)25)18-26-14-15-27(22(19-26)12-16-28)13-11-20-7-3-2-4-8-20/h2-10,17,22,28H,11-16,18-19H2,1H3. The van der Waals surface area contributed by atoms with E-state index >= 15 is 0 Å². The first kappa shape index (κ1) is 19.2. The molecule has 1 aliphatic rings. The summed E-state index contributed by atoms with van der Waals surface area (Å²) in [6.45, 7) is 5.49. The third-order valence-electron chi connectivity index (χ3n) is 6.06. The Morgan fingerprint density at radius 2 is 1.79 bits per heavy atom. The number of nitrogens with zero attached hydrogens (tertiary/aromatic N) is 3. The van der Waals surface area contributed by atoms with Crippen molar-refractivity contribution in [1.29, 1.82) is 0 Å². The number of rotatable bonds is 7. The van der Waals surface area contributed by atoms with Gasteiger partial charge in [0.25, 0.3) is 0 Å².